The maximum atomic E-state index is 13.8. The van der Waals surface area contributed by atoms with Crippen LogP contribution in [0.2, 0.25) is 0 Å². The number of para-hydroxylation sites is 1. The quantitative estimate of drug-likeness (QED) is 0.760. The molecule has 0 bridgehead atoms. The molecule has 4 nitrogen and oxygen atoms in total. The highest BCUT2D eigenvalue weighted by Crippen LogP contribution is 2.19. The molecule has 118 valence electrons. The van der Waals surface area contributed by atoms with Crippen LogP contribution in [0.3, 0.4) is 0 Å². The lowest BCUT2D eigenvalue weighted by molar-refractivity contribution is 0.255. The highest BCUT2D eigenvalue weighted by Gasteiger charge is 2.18. The standard InChI is InChI=1S/C16H27FN4/c1-19(2)9-7-18-8-10-20-11-13-21(14-12-20)16-6-4-3-5-15(16)17/h3-6,18H,7-14H2,1-2H3. The smallest absolute Gasteiger partial charge is 0.146 e. The molecule has 21 heavy (non-hydrogen) atoms. The fraction of sp³-hybridized carbons (Fsp3) is 0.625. The van der Waals surface area contributed by atoms with Gasteiger partial charge in [-0.2, -0.15) is 0 Å². The summed E-state index contributed by atoms with van der Waals surface area (Å²) in [5.74, 6) is -0.115. The van der Waals surface area contributed by atoms with E-state index in [0.717, 1.165) is 58.0 Å². The average Bonchev–Trinajstić information content (AvgIpc) is 2.48. The van der Waals surface area contributed by atoms with Crippen molar-refractivity contribution in [2.75, 3.05) is 71.4 Å². The predicted octanol–water partition coefficient (Wildman–Crippen LogP) is 1.10. The van der Waals surface area contributed by atoms with Gasteiger partial charge in [0, 0.05) is 52.4 Å². The molecule has 5 heteroatoms. The summed E-state index contributed by atoms with van der Waals surface area (Å²) in [6.07, 6.45) is 0. The average molecular weight is 294 g/mol. The molecule has 1 saturated heterocycles. The number of hydrogen-bond donors (Lipinski definition) is 1. The Kier molecular flexibility index (Phi) is 6.42. The van der Waals surface area contributed by atoms with Crippen LogP contribution in [0.5, 0.6) is 0 Å². The van der Waals surface area contributed by atoms with Gasteiger partial charge in [-0.25, -0.2) is 4.39 Å². The van der Waals surface area contributed by atoms with Gasteiger partial charge in [-0.15, -0.1) is 0 Å². The molecule has 2 rings (SSSR count). The van der Waals surface area contributed by atoms with E-state index in [-0.39, 0.29) is 5.82 Å². The number of likely N-dealkylation sites (N-methyl/N-ethyl adjacent to an activating group) is 1. The van der Waals surface area contributed by atoms with E-state index in [9.17, 15) is 4.39 Å². The van der Waals surface area contributed by atoms with Gasteiger partial charge < -0.3 is 15.1 Å². The van der Waals surface area contributed by atoms with E-state index in [1.54, 1.807) is 6.07 Å². The fourth-order valence-corrected chi connectivity index (χ4v) is 2.59. The topological polar surface area (TPSA) is 21.8 Å². The minimum absolute atomic E-state index is 0.115. The van der Waals surface area contributed by atoms with E-state index in [1.165, 1.54) is 6.07 Å². The minimum Gasteiger partial charge on any atom is -0.367 e. The number of halogens is 1. The molecule has 1 heterocycles. The van der Waals surface area contributed by atoms with Gasteiger partial charge in [0.25, 0.3) is 0 Å². The van der Waals surface area contributed by atoms with E-state index in [2.05, 4.69) is 34.1 Å². The van der Waals surface area contributed by atoms with Crippen LogP contribution in [0, 0.1) is 5.82 Å². The lowest BCUT2D eigenvalue weighted by Crippen LogP contribution is -2.48. The van der Waals surface area contributed by atoms with Gasteiger partial charge in [0.1, 0.15) is 5.82 Å². The molecule has 0 unspecified atom stereocenters. The van der Waals surface area contributed by atoms with Crippen molar-refractivity contribution < 1.29 is 4.39 Å². The third-order valence-electron chi connectivity index (χ3n) is 3.91. The summed E-state index contributed by atoms with van der Waals surface area (Å²) in [7, 11) is 4.17. The van der Waals surface area contributed by atoms with Gasteiger partial charge in [-0.1, -0.05) is 12.1 Å². The van der Waals surface area contributed by atoms with Gasteiger partial charge in [-0.05, 0) is 26.2 Å². The molecule has 1 aliphatic heterocycles. The van der Waals surface area contributed by atoms with Gasteiger partial charge in [0.05, 0.1) is 5.69 Å². The maximum Gasteiger partial charge on any atom is 0.146 e. The van der Waals surface area contributed by atoms with Crippen LogP contribution in [-0.4, -0.2) is 76.3 Å². The van der Waals surface area contributed by atoms with Crippen molar-refractivity contribution in [1.82, 2.24) is 15.1 Å². The molecule has 0 aliphatic carbocycles. The lowest BCUT2D eigenvalue weighted by atomic mass is 10.2. The van der Waals surface area contributed by atoms with E-state index in [4.69, 9.17) is 0 Å². The van der Waals surface area contributed by atoms with E-state index in [0.29, 0.717) is 0 Å². The summed E-state index contributed by atoms with van der Waals surface area (Å²) < 4.78 is 13.8. The van der Waals surface area contributed by atoms with Gasteiger partial charge >= 0.3 is 0 Å². The van der Waals surface area contributed by atoms with Crippen LogP contribution in [0.25, 0.3) is 0 Å². The van der Waals surface area contributed by atoms with Crippen LogP contribution < -0.4 is 10.2 Å². The Morgan fingerprint density at radius 2 is 1.81 bits per heavy atom. The van der Waals surface area contributed by atoms with Crippen LogP contribution in [-0.2, 0) is 0 Å². The van der Waals surface area contributed by atoms with Crippen molar-refractivity contribution in [3.63, 3.8) is 0 Å². The van der Waals surface area contributed by atoms with Crippen molar-refractivity contribution >= 4 is 5.69 Å². The van der Waals surface area contributed by atoms with Crippen molar-refractivity contribution in [1.29, 1.82) is 0 Å². The first-order valence-corrected chi connectivity index (χ1v) is 7.74. The molecule has 0 amide bonds. The second-order valence-electron chi connectivity index (χ2n) is 5.83. The Morgan fingerprint density at radius 1 is 1.10 bits per heavy atom. The molecule has 1 aromatic rings. The molecule has 1 aromatic carbocycles. The zero-order chi connectivity index (χ0) is 15.1. The Hall–Kier alpha value is -1.17. The third kappa shape index (κ3) is 5.26. The van der Waals surface area contributed by atoms with Crippen molar-refractivity contribution in [3.05, 3.63) is 30.1 Å². The number of hydrogen-bond acceptors (Lipinski definition) is 4. The second kappa shape index (κ2) is 8.32. The molecule has 0 atom stereocenters. The SMILES string of the molecule is CN(C)CCNCCN1CCN(c2ccccc2F)CC1. The number of benzene rings is 1. The first kappa shape index (κ1) is 16.2. The highest BCUT2D eigenvalue weighted by molar-refractivity contribution is 5.47. The predicted molar refractivity (Wildman–Crippen MR) is 86.5 cm³/mol. The van der Waals surface area contributed by atoms with Crippen molar-refractivity contribution in [3.8, 4) is 0 Å². The first-order chi connectivity index (χ1) is 10.2. The molecular weight excluding hydrogens is 267 g/mol. The number of piperazine rings is 1. The van der Waals surface area contributed by atoms with E-state index >= 15 is 0 Å². The van der Waals surface area contributed by atoms with Crippen molar-refractivity contribution in [2.24, 2.45) is 0 Å². The third-order valence-corrected chi connectivity index (χ3v) is 3.91. The van der Waals surface area contributed by atoms with Crippen molar-refractivity contribution in [2.45, 2.75) is 0 Å². The van der Waals surface area contributed by atoms with Crippen LogP contribution >= 0.6 is 0 Å². The van der Waals surface area contributed by atoms with Crippen LogP contribution in [0.4, 0.5) is 10.1 Å². The van der Waals surface area contributed by atoms with E-state index in [1.807, 2.05) is 12.1 Å². The monoisotopic (exact) mass is 294 g/mol. The number of nitrogens with one attached hydrogen (secondary N) is 1. The summed E-state index contributed by atoms with van der Waals surface area (Å²) in [6, 6.07) is 7.05. The summed E-state index contributed by atoms with van der Waals surface area (Å²) in [5, 5.41) is 3.46. The van der Waals surface area contributed by atoms with Crippen LogP contribution in [0.1, 0.15) is 0 Å². The molecule has 1 fully saturated rings. The Bertz CT molecular complexity index is 416. The summed E-state index contributed by atoms with van der Waals surface area (Å²) >= 11 is 0. The Morgan fingerprint density at radius 3 is 2.48 bits per heavy atom. The Balaban J connectivity index is 1.66. The highest BCUT2D eigenvalue weighted by atomic mass is 19.1. The zero-order valence-corrected chi connectivity index (χ0v) is 13.2. The minimum atomic E-state index is -0.115. The fourth-order valence-electron chi connectivity index (χ4n) is 2.59. The second-order valence-corrected chi connectivity index (χ2v) is 5.83. The summed E-state index contributed by atoms with van der Waals surface area (Å²) in [4.78, 5) is 6.77. The molecule has 1 N–H and O–H groups in total. The largest absolute Gasteiger partial charge is 0.367 e. The molecule has 1 aliphatic rings. The molecule has 0 spiro atoms. The molecule has 0 aromatic heterocycles. The Labute approximate surface area is 127 Å². The maximum absolute atomic E-state index is 13.8. The van der Waals surface area contributed by atoms with Gasteiger partial charge in [-0.3, -0.25) is 4.90 Å². The molecule has 0 radical (unpaired) electrons. The summed E-state index contributed by atoms with van der Waals surface area (Å²) in [5.41, 5.74) is 0.737. The number of anilines is 1. The first-order valence-electron chi connectivity index (χ1n) is 7.74. The lowest BCUT2D eigenvalue weighted by Gasteiger charge is -2.36. The summed E-state index contributed by atoms with van der Waals surface area (Å²) in [6.45, 7) is 8.00. The normalized spacial score (nSPS) is 16.7. The van der Waals surface area contributed by atoms with Gasteiger partial charge in [0.15, 0.2) is 0 Å². The number of nitrogens with zero attached hydrogens (tertiary/aromatic N) is 3. The zero-order valence-electron chi connectivity index (χ0n) is 13.2. The number of rotatable bonds is 7. The van der Waals surface area contributed by atoms with Gasteiger partial charge in [0.2, 0.25) is 0 Å². The molecule has 0 saturated carbocycles. The molecular formula is C16H27FN4. The van der Waals surface area contributed by atoms with Crippen LogP contribution in [0.15, 0.2) is 24.3 Å². The van der Waals surface area contributed by atoms with E-state index < -0.39 is 0 Å².